The molecule has 36 heavy (non-hydrogen) atoms. The number of amides is 3. The van der Waals surface area contributed by atoms with E-state index in [1.807, 2.05) is 38.1 Å². The number of hydrogen-bond acceptors (Lipinski definition) is 6. The van der Waals surface area contributed by atoms with E-state index in [0.717, 1.165) is 31.2 Å². The number of rotatable bonds is 12. The summed E-state index contributed by atoms with van der Waals surface area (Å²) in [5, 5.41) is 12.2. The van der Waals surface area contributed by atoms with Gasteiger partial charge in [-0.05, 0) is 24.3 Å². The summed E-state index contributed by atoms with van der Waals surface area (Å²) >= 11 is 0. The molecule has 3 N–H and O–H groups in total. The lowest BCUT2D eigenvalue weighted by atomic mass is 9.84. The predicted molar refractivity (Wildman–Crippen MR) is 135 cm³/mol. The summed E-state index contributed by atoms with van der Waals surface area (Å²) in [5.41, 5.74) is 0.845. The molecule has 0 spiro atoms. The maximum atomic E-state index is 13.5. The van der Waals surface area contributed by atoms with Gasteiger partial charge in [-0.3, -0.25) is 14.4 Å². The van der Waals surface area contributed by atoms with Crippen LogP contribution < -0.4 is 20.7 Å². The second-order valence-electron chi connectivity index (χ2n) is 9.54. The molecule has 1 aliphatic carbocycles. The fourth-order valence-corrected chi connectivity index (χ4v) is 4.65. The van der Waals surface area contributed by atoms with E-state index in [2.05, 4.69) is 21.1 Å². The zero-order valence-corrected chi connectivity index (χ0v) is 21.4. The Morgan fingerprint density at radius 1 is 1.08 bits per heavy atom. The normalized spacial score (nSPS) is 16.4. The van der Waals surface area contributed by atoms with Gasteiger partial charge < -0.3 is 25.2 Å². The molecular formula is C27H38N4O5. The average Bonchev–Trinajstić information content (AvgIpc) is 3.45. The molecule has 1 aromatic carbocycles. The lowest BCUT2D eigenvalue weighted by Gasteiger charge is -2.29. The van der Waals surface area contributed by atoms with Gasteiger partial charge in [0.05, 0.1) is 13.3 Å². The van der Waals surface area contributed by atoms with Crippen LogP contribution in [-0.4, -0.2) is 42.1 Å². The van der Waals surface area contributed by atoms with Gasteiger partial charge in [0.15, 0.2) is 0 Å². The first kappa shape index (κ1) is 27.2. The van der Waals surface area contributed by atoms with E-state index in [9.17, 15) is 14.4 Å². The summed E-state index contributed by atoms with van der Waals surface area (Å²) in [6.45, 7) is 4.18. The predicted octanol–water partition coefficient (Wildman–Crippen LogP) is 3.60. The van der Waals surface area contributed by atoms with Crippen molar-refractivity contribution in [1.29, 1.82) is 0 Å². The molecule has 3 atom stereocenters. The molecule has 3 rings (SSSR count). The standard InChI is InChI=1S/C27H38N4O5/c1-4-18(2)24(27(34)28-17-20-12-8-9-13-22(20)35-3)31-25(32)21(16-19-10-6-5-7-11-19)30-26(33)23-14-15-29-36-23/h8-9,12-15,18-19,21,24H,4-7,10-11,16-17H2,1-3H3,(H,28,34)(H,30,33)(H,31,32)/t18-,21?,24-/m0/s1. The topological polar surface area (TPSA) is 123 Å². The zero-order chi connectivity index (χ0) is 25.9. The minimum atomic E-state index is -0.778. The van der Waals surface area contributed by atoms with Gasteiger partial charge in [-0.15, -0.1) is 0 Å². The van der Waals surface area contributed by atoms with Crippen molar-refractivity contribution in [3.8, 4) is 5.75 Å². The Hall–Kier alpha value is -3.36. The van der Waals surface area contributed by atoms with Crippen molar-refractivity contribution in [3.05, 3.63) is 47.9 Å². The Morgan fingerprint density at radius 2 is 1.83 bits per heavy atom. The van der Waals surface area contributed by atoms with Gasteiger partial charge in [-0.25, -0.2) is 0 Å². The first-order chi connectivity index (χ1) is 17.4. The third-order valence-corrected chi connectivity index (χ3v) is 7.02. The lowest BCUT2D eigenvalue weighted by Crippen LogP contribution is -2.56. The average molecular weight is 499 g/mol. The molecule has 196 valence electrons. The van der Waals surface area contributed by atoms with Crippen molar-refractivity contribution >= 4 is 17.7 Å². The van der Waals surface area contributed by atoms with Crippen LogP contribution in [0.25, 0.3) is 0 Å². The van der Waals surface area contributed by atoms with Crippen LogP contribution in [0.3, 0.4) is 0 Å². The van der Waals surface area contributed by atoms with Crippen molar-refractivity contribution in [1.82, 2.24) is 21.1 Å². The third kappa shape index (κ3) is 7.57. The molecule has 0 bridgehead atoms. The SMILES string of the molecule is CC[C@H](C)[C@H](NC(=O)C(CC1CCCCC1)NC(=O)c1ccno1)C(=O)NCc1ccccc1OC. The first-order valence-corrected chi connectivity index (χ1v) is 12.8. The maximum Gasteiger partial charge on any atom is 0.290 e. The van der Waals surface area contributed by atoms with Crippen molar-refractivity contribution in [2.45, 2.75) is 77.4 Å². The molecule has 1 aliphatic rings. The maximum absolute atomic E-state index is 13.5. The molecule has 9 heteroatoms. The number of aromatic nitrogens is 1. The van der Waals surface area contributed by atoms with Gasteiger partial charge in [0.1, 0.15) is 17.8 Å². The largest absolute Gasteiger partial charge is 0.496 e. The van der Waals surface area contributed by atoms with Crippen LogP contribution in [0.15, 0.2) is 41.1 Å². The number of para-hydroxylation sites is 1. The molecule has 1 unspecified atom stereocenters. The smallest absolute Gasteiger partial charge is 0.290 e. The highest BCUT2D eigenvalue weighted by Gasteiger charge is 2.32. The number of methoxy groups -OCH3 is 1. The highest BCUT2D eigenvalue weighted by atomic mass is 16.5. The van der Waals surface area contributed by atoms with Crippen LogP contribution in [0.1, 0.15) is 74.9 Å². The highest BCUT2D eigenvalue weighted by Crippen LogP contribution is 2.27. The van der Waals surface area contributed by atoms with Crippen LogP contribution in [-0.2, 0) is 16.1 Å². The molecular weight excluding hydrogens is 460 g/mol. The van der Waals surface area contributed by atoms with Gasteiger partial charge >= 0.3 is 0 Å². The summed E-state index contributed by atoms with van der Waals surface area (Å²) in [6.07, 6.45) is 8.08. The number of hydrogen-bond donors (Lipinski definition) is 3. The quantitative estimate of drug-likeness (QED) is 0.411. The van der Waals surface area contributed by atoms with Crippen LogP contribution >= 0.6 is 0 Å². The Kier molecular flexibility index (Phi) is 10.3. The minimum absolute atomic E-state index is 0.0458. The first-order valence-electron chi connectivity index (χ1n) is 12.8. The molecule has 0 radical (unpaired) electrons. The van der Waals surface area contributed by atoms with Crippen LogP contribution in [0.4, 0.5) is 0 Å². The van der Waals surface area contributed by atoms with E-state index < -0.39 is 18.0 Å². The summed E-state index contributed by atoms with van der Waals surface area (Å²) < 4.78 is 10.3. The molecule has 0 saturated heterocycles. The van der Waals surface area contributed by atoms with E-state index in [4.69, 9.17) is 9.26 Å². The molecule has 1 fully saturated rings. The summed E-state index contributed by atoms with van der Waals surface area (Å²) in [5.74, 6) is -0.177. The Bertz CT molecular complexity index is 988. The van der Waals surface area contributed by atoms with E-state index in [1.54, 1.807) is 7.11 Å². The Morgan fingerprint density at radius 3 is 2.50 bits per heavy atom. The van der Waals surface area contributed by atoms with Crippen molar-refractivity contribution in [3.63, 3.8) is 0 Å². The van der Waals surface area contributed by atoms with Gasteiger partial charge in [-0.2, -0.15) is 0 Å². The fourth-order valence-electron chi connectivity index (χ4n) is 4.65. The summed E-state index contributed by atoms with van der Waals surface area (Å²) in [6, 6.07) is 7.40. The third-order valence-electron chi connectivity index (χ3n) is 7.02. The molecule has 1 aromatic heterocycles. The van der Waals surface area contributed by atoms with Gasteiger partial charge in [0, 0.05) is 18.2 Å². The Labute approximate surface area is 212 Å². The molecule has 1 saturated carbocycles. The Balaban J connectivity index is 1.70. The van der Waals surface area contributed by atoms with E-state index in [1.165, 1.54) is 18.7 Å². The van der Waals surface area contributed by atoms with Crippen LogP contribution in [0.5, 0.6) is 5.75 Å². The highest BCUT2D eigenvalue weighted by molar-refractivity contribution is 5.96. The summed E-state index contributed by atoms with van der Waals surface area (Å²) in [4.78, 5) is 39.3. The molecule has 2 aromatic rings. The number of carbonyl (C=O) groups excluding carboxylic acids is 3. The second-order valence-corrected chi connectivity index (χ2v) is 9.54. The van der Waals surface area contributed by atoms with Crippen LogP contribution in [0.2, 0.25) is 0 Å². The molecule has 1 heterocycles. The van der Waals surface area contributed by atoms with E-state index >= 15 is 0 Å². The van der Waals surface area contributed by atoms with E-state index in [-0.39, 0.29) is 30.0 Å². The lowest BCUT2D eigenvalue weighted by molar-refractivity contribution is -0.131. The van der Waals surface area contributed by atoms with Gasteiger partial charge in [-0.1, -0.05) is 75.7 Å². The second kappa shape index (κ2) is 13.7. The molecule has 3 amide bonds. The zero-order valence-electron chi connectivity index (χ0n) is 21.4. The number of carbonyl (C=O) groups is 3. The van der Waals surface area contributed by atoms with Crippen molar-refractivity contribution < 1.29 is 23.6 Å². The van der Waals surface area contributed by atoms with Crippen molar-refractivity contribution in [2.75, 3.05) is 7.11 Å². The number of nitrogens with one attached hydrogen (secondary N) is 3. The number of nitrogens with zero attached hydrogens (tertiary/aromatic N) is 1. The van der Waals surface area contributed by atoms with Crippen LogP contribution in [0, 0.1) is 11.8 Å². The van der Waals surface area contributed by atoms with Gasteiger partial charge in [0.25, 0.3) is 5.91 Å². The van der Waals surface area contributed by atoms with E-state index in [0.29, 0.717) is 24.5 Å². The molecule has 0 aliphatic heterocycles. The minimum Gasteiger partial charge on any atom is -0.496 e. The fraction of sp³-hybridized carbons (Fsp3) is 0.556. The monoisotopic (exact) mass is 498 g/mol. The summed E-state index contributed by atoms with van der Waals surface area (Å²) in [7, 11) is 1.59. The van der Waals surface area contributed by atoms with Gasteiger partial charge in [0.2, 0.25) is 17.6 Å². The molecule has 9 nitrogen and oxygen atoms in total. The van der Waals surface area contributed by atoms with Crippen molar-refractivity contribution in [2.24, 2.45) is 11.8 Å². The number of ether oxygens (including phenoxy) is 1. The number of benzene rings is 1.